The third kappa shape index (κ3) is 2.98. The van der Waals surface area contributed by atoms with Crippen LogP contribution in [0, 0.1) is 13.8 Å². The number of benzene rings is 2. The lowest BCUT2D eigenvalue weighted by Crippen LogP contribution is -2.11. The van der Waals surface area contributed by atoms with Crippen LogP contribution in [-0.4, -0.2) is 26.3 Å². The quantitative estimate of drug-likeness (QED) is 0.618. The molecule has 0 saturated carbocycles. The van der Waals surface area contributed by atoms with E-state index in [1.165, 1.54) is 16.0 Å². The molecule has 3 nitrogen and oxygen atoms in total. The lowest BCUT2D eigenvalue weighted by atomic mass is 10.1. The standard InChI is InChI=1S/C19H19N3S2/c1-13-8-9-17(10-14(13)2)23-11-16-12-24-19-21-20-18(22(16)19)15-6-4-3-5-7-15/h3-10,16H,11-12H2,1-2H3. The first-order valence-electron chi connectivity index (χ1n) is 8.05. The van der Waals surface area contributed by atoms with Gasteiger partial charge in [-0.05, 0) is 37.1 Å². The molecule has 1 unspecified atom stereocenters. The summed E-state index contributed by atoms with van der Waals surface area (Å²) in [6, 6.07) is 17.5. The summed E-state index contributed by atoms with van der Waals surface area (Å²) < 4.78 is 2.31. The Bertz CT molecular complexity index is 858. The number of nitrogens with zero attached hydrogens (tertiary/aromatic N) is 3. The van der Waals surface area contributed by atoms with E-state index < -0.39 is 0 Å². The van der Waals surface area contributed by atoms with Crippen molar-refractivity contribution >= 4 is 23.5 Å². The summed E-state index contributed by atoms with van der Waals surface area (Å²) in [5, 5.41) is 9.83. The largest absolute Gasteiger partial charge is 0.297 e. The number of hydrogen-bond acceptors (Lipinski definition) is 4. The fourth-order valence-electron chi connectivity index (χ4n) is 2.85. The third-order valence-electron chi connectivity index (χ3n) is 4.39. The monoisotopic (exact) mass is 353 g/mol. The zero-order chi connectivity index (χ0) is 16.5. The topological polar surface area (TPSA) is 30.7 Å². The summed E-state index contributed by atoms with van der Waals surface area (Å²) >= 11 is 3.73. The molecule has 1 aromatic heterocycles. The summed E-state index contributed by atoms with van der Waals surface area (Å²) in [5.74, 6) is 3.10. The van der Waals surface area contributed by atoms with Gasteiger partial charge in [-0.15, -0.1) is 22.0 Å². The van der Waals surface area contributed by atoms with Crippen molar-refractivity contribution in [1.82, 2.24) is 14.8 Å². The van der Waals surface area contributed by atoms with Crippen LogP contribution >= 0.6 is 23.5 Å². The van der Waals surface area contributed by atoms with E-state index in [2.05, 4.69) is 71.1 Å². The molecule has 5 heteroatoms. The van der Waals surface area contributed by atoms with Gasteiger partial charge < -0.3 is 0 Å². The Morgan fingerprint density at radius 1 is 1.08 bits per heavy atom. The van der Waals surface area contributed by atoms with Crippen molar-refractivity contribution in [3.8, 4) is 11.4 Å². The zero-order valence-electron chi connectivity index (χ0n) is 13.8. The average molecular weight is 354 g/mol. The molecule has 0 saturated heterocycles. The lowest BCUT2D eigenvalue weighted by Gasteiger charge is -2.14. The second kappa shape index (κ2) is 6.65. The van der Waals surface area contributed by atoms with Crippen molar-refractivity contribution in [3.05, 3.63) is 59.7 Å². The van der Waals surface area contributed by atoms with Crippen LogP contribution in [0.3, 0.4) is 0 Å². The minimum atomic E-state index is 0.432. The van der Waals surface area contributed by atoms with Crippen LogP contribution in [0.25, 0.3) is 11.4 Å². The molecule has 2 heterocycles. The maximum atomic E-state index is 4.42. The molecule has 3 aromatic rings. The fraction of sp³-hybridized carbons (Fsp3) is 0.263. The Kier molecular flexibility index (Phi) is 4.37. The maximum Gasteiger partial charge on any atom is 0.191 e. The van der Waals surface area contributed by atoms with Gasteiger partial charge in [-0.1, -0.05) is 48.2 Å². The summed E-state index contributed by atoms with van der Waals surface area (Å²) in [5.41, 5.74) is 3.85. The van der Waals surface area contributed by atoms with E-state index in [0.29, 0.717) is 6.04 Å². The molecule has 4 rings (SSSR count). The highest BCUT2D eigenvalue weighted by molar-refractivity contribution is 8.00. The second-order valence-electron chi connectivity index (χ2n) is 6.06. The van der Waals surface area contributed by atoms with Gasteiger partial charge in [0.25, 0.3) is 0 Å². The van der Waals surface area contributed by atoms with Crippen molar-refractivity contribution in [3.63, 3.8) is 0 Å². The van der Waals surface area contributed by atoms with Crippen molar-refractivity contribution in [2.45, 2.75) is 29.9 Å². The molecule has 0 spiro atoms. The second-order valence-corrected chi connectivity index (χ2v) is 8.14. The molecule has 0 bridgehead atoms. The predicted molar refractivity (Wildman–Crippen MR) is 102 cm³/mol. The Labute approximate surface area is 150 Å². The van der Waals surface area contributed by atoms with Gasteiger partial charge in [-0.3, -0.25) is 4.57 Å². The summed E-state index contributed by atoms with van der Waals surface area (Å²) in [7, 11) is 0. The average Bonchev–Trinajstić information content (AvgIpc) is 3.19. The highest BCUT2D eigenvalue weighted by atomic mass is 32.2. The van der Waals surface area contributed by atoms with Crippen LogP contribution in [0.4, 0.5) is 0 Å². The predicted octanol–water partition coefficient (Wildman–Crippen LogP) is 5.00. The number of aromatic nitrogens is 3. The number of thioether (sulfide) groups is 2. The Hall–Kier alpha value is -1.72. The smallest absolute Gasteiger partial charge is 0.191 e. The van der Waals surface area contributed by atoms with Crippen molar-refractivity contribution in [2.24, 2.45) is 0 Å². The Morgan fingerprint density at radius 2 is 1.92 bits per heavy atom. The number of aryl methyl sites for hydroxylation is 2. The minimum absolute atomic E-state index is 0.432. The number of hydrogen-bond donors (Lipinski definition) is 0. The molecule has 1 aliphatic rings. The summed E-state index contributed by atoms with van der Waals surface area (Å²) in [6.45, 7) is 4.34. The fourth-order valence-corrected chi connectivity index (χ4v) is 5.16. The molecular formula is C19H19N3S2. The first-order chi connectivity index (χ1) is 11.7. The van der Waals surface area contributed by atoms with Crippen molar-refractivity contribution in [2.75, 3.05) is 11.5 Å². The highest BCUT2D eigenvalue weighted by Crippen LogP contribution is 2.39. The van der Waals surface area contributed by atoms with Crippen LogP contribution in [0.15, 0.2) is 58.6 Å². The van der Waals surface area contributed by atoms with E-state index in [-0.39, 0.29) is 0 Å². The molecule has 122 valence electrons. The zero-order valence-corrected chi connectivity index (χ0v) is 15.4. The van der Waals surface area contributed by atoms with E-state index in [1.807, 2.05) is 29.6 Å². The van der Waals surface area contributed by atoms with Gasteiger partial charge in [0.15, 0.2) is 11.0 Å². The SMILES string of the molecule is Cc1ccc(SCC2CSc3nnc(-c4ccccc4)n32)cc1C. The van der Waals surface area contributed by atoms with Gasteiger partial charge >= 0.3 is 0 Å². The van der Waals surface area contributed by atoms with E-state index in [4.69, 9.17) is 0 Å². The molecule has 0 radical (unpaired) electrons. The van der Waals surface area contributed by atoms with Gasteiger partial charge in [0.05, 0.1) is 6.04 Å². The van der Waals surface area contributed by atoms with E-state index in [0.717, 1.165) is 28.0 Å². The first kappa shape index (κ1) is 15.8. The normalized spacial score (nSPS) is 16.3. The molecule has 0 amide bonds. The summed E-state index contributed by atoms with van der Waals surface area (Å²) in [6.07, 6.45) is 0. The maximum absolute atomic E-state index is 4.42. The third-order valence-corrected chi connectivity index (χ3v) is 6.61. The number of rotatable bonds is 4. The Morgan fingerprint density at radius 3 is 2.71 bits per heavy atom. The van der Waals surface area contributed by atoms with Gasteiger partial charge in [-0.2, -0.15) is 0 Å². The molecular weight excluding hydrogens is 334 g/mol. The molecule has 2 aromatic carbocycles. The van der Waals surface area contributed by atoms with Gasteiger partial charge in [0.2, 0.25) is 0 Å². The van der Waals surface area contributed by atoms with Crippen LogP contribution in [-0.2, 0) is 0 Å². The van der Waals surface area contributed by atoms with Crippen LogP contribution in [0.1, 0.15) is 17.2 Å². The van der Waals surface area contributed by atoms with Gasteiger partial charge in [0.1, 0.15) is 0 Å². The van der Waals surface area contributed by atoms with Crippen LogP contribution < -0.4 is 0 Å². The molecule has 0 fully saturated rings. The van der Waals surface area contributed by atoms with E-state index in [1.54, 1.807) is 0 Å². The van der Waals surface area contributed by atoms with Crippen LogP contribution in [0.5, 0.6) is 0 Å². The highest BCUT2D eigenvalue weighted by Gasteiger charge is 2.28. The molecule has 24 heavy (non-hydrogen) atoms. The number of fused-ring (bicyclic) bond motifs is 1. The molecule has 0 N–H and O–H groups in total. The van der Waals surface area contributed by atoms with Crippen molar-refractivity contribution in [1.29, 1.82) is 0 Å². The minimum Gasteiger partial charge on any atom is -0.297 e. The van der Waals surface area contributed by atoms with E-state index in [9.17, 15) is 0 Å². The molecule has 0 aliphatic carbocycles. The van der Waals surface area contributed by atoms with E-state index >= 15 is 0 Å². The van der Waals surface area contributed by atoms with Crippen molar-refractivity contribution < 1.29 is 0 Å². The summed E-state index contributed by atoms with van der Waals surface area (Å²) in [4.78, 5) is 1.34. The van der Waals surface area contributed by atoms with Gasteiger partial charge in [-0.25, -0.2) is 0 Å². The molecule has 1 aliphatic heterocycles. The van der Waals surface area contributed by atoms with Gasteiger partial charge in [0, 0.05) is 22.0 Å². The molecule has 1 atom stereocenters. The first-order valence-corrected chi connectivity index (χ1v) is 10.0. The Balaban J connectivity index is 1.55. The lowest BCUT2D eigenvalue weighted by molar-refractivity contribution is 0.597. The van der Waals surface area contributed by atoms with Crippen LogP contribution in [0.2, 0.25) is 0 Å².